The first-order valence-electron chi connectivity index (χ1n) is 7.66. The highest BCUT2D eigenvalue weighted by Crippen LogP contribution is 2.43. The van der Waals surface area contributed by atoms with Crippen molar-refractivity contribution in [3.8, 4) is 0 Å². The van der Waals surface area contributed by atoms with E-state index in [1.165, 1.54) is 11.1 Å². The van der Waals surface area contributed by atoms with Crippen LogP contribution in [0.2, 0.25) is 0 Å². The second-order valence-corrected chi connectivity index (χ2v) is 6.35. The lowest BCUT2D eigenvalue weighted by atomic mass is 9.77. The van der Waals surface area contributed by atoms with Crippen molar-refractivity contribution in [2.24, 2.45) is 0 Å². The number of amides is 1. The zero-order valence-electron chi connectivity index (χ0n) is 12.1. The number of rotatable bonds is 2. The molecule has 3 nitrogen and oxygen atoms in total. The lowest BCUT2D eigenvalue weighted by molar-refractivity contribution is -0.136. The van der Waals surface area contributed by atoms with Crippen LogP contribution in [0.4, 0.5) is 0 Å². The van der Waals surface area contributed by atoms with Crippen LogP contribution in [0.25, 0.3) is 0 Å². The summed E-state index contributed by atoms with van der Waals surface area (Å²) in [5.74, 6) is 0.233. The highest BCUT2D eigenvalue weighted by atomic mass is 16.3. The largest absolute Gasteiger partial charge is 0.391 e. The first kappa shape index (κ1) is 13.6. The fraction of sp³-hybridized carbons (Fsp3) is 0.588. The fourth-order valence-electron chi connectivity index (χ4n) is 3.78. The topological polar surface area (TPSA) is 40.5 Å². The molecule has 0 unspecified atom stereocenters. The highest BCUT2D eigenvalue weighted by molar-refractivity contribution is 5.89. The summed E-state index contributed by atoms with van der Waals surface area (Å²) in [4.78, 5) is 14.9. The predicted octanol–water partition coefficient (Wildman–Crippen LogP) is 2.40. The first-order chi connectivity index (χ1) is 9.62. The maximum atomic E-state index is 13.0. The smallest absolute Gasteiger partial charge is 0.233 e. The number of aliphatic hydroxyl groups excluding tert-OH is 1. The number of hydrogen-bond donors (Lipinski definition) is 1. The van der Waals surface area contributed by atoms with Crippen molar-refractivity contribution in [3.63, 3.8) is 0 Å². The number of aryl methyl sites for hydroxylation is 1. The van der Waals surface area contributed by atoms with Crippen LogP contribution in [0.5, 0.6) is 0 Å². The summed E-state index contributed by atoms with van der Waals surface area (Å²) in [6, 6.07) is 8.39. The number of nitrogens with zero attached hydrogens (tertiary/aromatic N) is 1. The minimum absolute atomic E-state index is 0.233. The molecule has 1 heterocycles. The molecule has 3 rings (SSSR count). The number of aliphatic hydroxyl groups is 1. The molecule has 0 aromatic heterocycles. The summed E-state index contributed by atoms with van der Waals surface area (Å²) < 4.78 is 0. The third kappa shape index (κ3) is 2.24. The van der Waals surface area contributed by atoms with Crippen molar-refractivity contribution in [3.05, 3.63) is 35.4 Å². The third-order valence-corrected chi connectivity index (χ3v) is 4.89. The monoisotopic (exact) mass is 273 g/mol. The molecule has 0 spiro atoms. The molecule has 1 aliphatic carbocycles. The van der Waals surface area contributed by atoms with E-state index < -0.39 is 0 Å². The average molecular weight is 273 g/mol. The number of hydrogen-bond acceptors (Lipinski definition) is 2. The Morgan fingerprint density at radius 1 is 1.35 bits per heavy atom. The second-order valence-electron chi connectivity index (χ2n) is 6.35. The van der Waals surface area contributed by atoms with Gasteiger partial charge in [-0.1, -0.05) is 42.7 Å². The van der Waals surface area contributed by atoms with Gasteiger partial charge in [-0.05, 0) is 31.7 Å². The van der Waals surface area contributed by atoms with Crippen molar-refractivity contribution < 1.29 is 9.90 Å². The number of carbonyl (C=O) groups excluding carboxylic acids is 1. The van der Waals surface area contributed by atoms with Gasteiger partial charge >= 0.3 is 0 Å². The molecule has 1 aromatic rings. The summed E-state index contributed by atoms with van der Waals surface area (Å²) in [6.45, 7) is 3.29. The Kier molecular flexibility index (Phi) is 3.55. The predicted molar refractivity (Wildman–Crippen MR) is 78.5 cm³/mol. The maximum absolute atomic E-state index is 13.0. The van der Waals surface area contributed by atoms with Gasteiger partial charge in [-0.25, -0.2) is 0 Å². The highest BCUT2D eigenvalue weighted by Gasteiger charge is 2.46. The molecule has 2 fully saturated rings. The molecule has 1 amide bonds. The molecule has 0 bridgehead atoms. The molecule has 2 aliphatic rings. The summed E-state index contributed by atoms with van der Waals surface area (Å²) >= 11 is 0. The van der Waals surface area contributed by atoms with Gasteiger partial charge in [0.2, 0.25) is 5.91 Å². The summed E-state index contributed by atoms with van der Waals surface area (Å²) in [5, 5.41) is 9.70. The molecule has 1 aliphatic heterocycles. The van der Waals surface area contributed by atoms with Crippen LogP contribution < -0.4 is 0 Å². The Bertz CT molecular complexity index is 505. The molecular formula is C17H23NO2. The molecule has 20 heavy (non-hydrogen) atoms. The van der Waals surface area contributed by atoms with Crippen molar-refractivity contribution in [2.75, 3.05) is 13.1 Å². The molecule has 1 saturated carbocycles. The van der Waals surface area contributed by atoms with Crippen LogP contribution >= 0.6 is 0 Å². The van der Waals surface area contributed by atoms with Crippen molar-refractivity contribution in [2.45, 2.75) is 50.5 Å². The second kappa shape index (κ2) is 5.21. The van der Waals surface area contributed by atoms with E-state index in [2.05, 4.69) is 31.2 Å². The number of carbonyl (C=O) groups is 1. The Morgan fingerprint density at radius 2 is 2.10 bits per heavy atom. The van der Waals surface area contributed by atoms with Crippen LogP contribution in [-0.2, 0) is 10.2 Å². The molecular weight excluding hydrogens is 250 g/mol. The van der Waals surface area contributed by atoms with Gasteiger partial charge in [0.05, 0.1) is 11.5 Å². The van der Waals surface area contributed by atoms with E-state index in [1.54, 1.807) is 0 Å². The van der Waals surface area contributed by atoms with Gasteiger partial charge in [-0.2, -0.15) is 0 Å². The van der Waals surface area contributed by atoms with Gasteiger partial charge in [-0.15, -0.1) is 0 Å². The van der Waals surface area contributed by atoms with Crippen molar-refractivity contribution >= 4 is 5.91 Å². The van der Waals surface area contributed by atoms with Gasteiger partial charge in [0.1, 0.15) is 0 Å². The van der Waals surface area contributed by atoms with E-state index in [4.69, 9.17) is 0 Å². The molecule has 1 aromatic carbocycles. The fourth-order valence-corrected chi connectivity index (χ4v) is 3.78. The molecule has 1 saturated heterocycles. The van der Waals surface area contributed by atoms with Crippen LogP contribution in [0.1, 0.15) is 43.2 Å². The van der Waals surface area contributed by atoms with Gasteiger partial charge in [0, 0.05) is 13.1 Å². The number of β-amino-alcohol motifs (C(OH)–C–C–N with tert-alkyl or cyclic N) is 1. The normalized spacial score (nSPS) is 25.1. The molecule has 1 N–H and O–H groups in total. The number of likely N-dealkylation sites (tertiary alicyclic amines) is 1. The maximum Gasteiger partial charge on any atom is 0.233 e. The standard InChI is InChI=1S/C17H23NO2/c1-13-5-4-6-14(11-13)17(8-2-3-9-17)16(20)18-10-7-15(19)12-18/h4-6,11,15,19H,2-3,7-10,12H2,1H3/t15-/m1/s1. The number of benzene rings is 1. The molecule has 108 valence electrons. The lowest BCUT2D eigenvalue weighted by Crippen LogP contribution is -2.44. The Labute approximate surface area is 120 Å². The quantitative estimate of drug-likeness (QED) is 0.899. The molecule has 0 radical (unpaired) electrons. The SMILES string of the molecule is Cc1cccc(C2(C(=O)N3CC[C@@H](O)C3)CCCC2)c1. The Balaban J connectivity index is 1.93. The molecule has 3 heteroatoms. The minimum Gasteiger partial charge on any atom is -0.391 e. The minimum atomic E-state index is -0.338. The third-order valence-electron chi connectivity index (χ3n) is 4.89. The zero-order chi connectivity index (χ0) is 14.2. The van der Waals surface area contributed by atoms with E-state index in [-0.39, 0.29) is 17.4 Å². The van der Waals surface area contributed by atoms with Crippen LogP contribution in [0.3, 0.4) is 0 Å². The van der Waals surface area contributed by atoms with Gasteiger partial charge < -0.3 is 10.0 Å². The van der Waals surface area contributed by atoms with Crippen molar-refractivity contribution in [1.29, 1.82) is 0 Å². The van der Waals surface area contributed by atoms with E-state index in [9.17, 15) is 9.90 Å². The zero-order valence-corrected chi connectivity index (χ0v) is 12.1. The van der Waals surface area contributed by atoms with Crippen LogP contribution in [-0.4, -0.2) is 35.1 Å². The van der Waals surface area contributed by atoms with E-state index in [0.29, 0.717) is 13.1 Å². The van der Waals surface area contributed by atoms with E-state index in [0.717, 1.165) is 32.1 Å². The summed E-state index contributed by atoms with van der Waals surface area (Å²) in [7, 11) is 0. The average Bonchev–Trinajstić information content (AvgIpc) is 3.07. The van der Waals surface area contributed by atoms with Gasteiger partial charge in [0.25, 0.3) is 0 Å². The van der Waals surface area contributed by atoms with E-state index in [1.807, 2.05) is 4.90 Å². The van der Waals surface area contributed by atoms with Gasteiger partial charge in [0.15, 0.2) is 0 Å². The molecule has 1 atom stereocenters. The summed E-state index contributed by atoms with van der Waals surface area (Å²) in [5.41, 5.74) is 2.04. The van der Waals surface area contributed by atoms with Crippen molar-refractivity contribution in [1.82, 2.24) is 4.90 Å². The van der Waals surface area contributed by atoms with Crippen LogP contribution in [0, 0.1) is 6.92 Å². The van der Waals surface area contributed by atoms with Crippen LogP contribution in [0.15, 0.2) is 24.3 Å². The lowest BCUT2D eigenvalue weighted by Gasteiger charge is -2.33. The first-order valence-corrected chi connectivity index (χ1v) is 7.66. The Morgan fingerprint density at radius 3 is 2.70 bits per heavy atom. The van der Waals surface area contributed by atoms with E-state index >= 15 is 0 Å². The summed E-state index contributed by atoms with van der Waals surface area (Å²) in [6.07, 6.45) is 4.51. The Hall–Kier alpha value is -1.35. The van der Waals surface area contributed by atoms with Gasteiger partial charge in [-0.3, -0.25) is 4.79 Å².